The molecule has 0 heterocycles. The summed E-state index contributed by atoms with van der Waals surface area (Å²) in [5.74, 6) is -0.473. The molecule has 13 heavy (non-hydrogen) atoms. The molecular formula is C10H16N2O. The van der Waals surface area contributed by atoms with Crippen LogP contribution in [0.1, 0.15) is 33.1 Å². The zero-order chi connectivity index (χ0) is 9.84. The van der Waals surface area contributed by atoms with Crippen molar-refractivity contribution in [3.63, 3.8) is 0 Å². The van der Waals surface area contributed by atoms with Crippen molar-refractivity contribution in [1.29, 1.82) is 5.26 Å². The van der Waals surface area contributed by atoms with Gasteiger partial charge in [0, 0.05) is 12.6 Å². The van der Waals surface area contributed by atoms with Crippen LogP contribution in [0.4, 0.5) is 0 Å². The molecule has 72 valence electrons. The van der Waals surface area contributed by atoms with E-state index in [1.807, 2.05) is 11.0 Å². The molecule has 0 saturated heterocycles. The lowest BCUT2D eigenvalue weighted by Crippen LogP contribution is -2.37. The van der Waals surface area contributed by atoms with Gasteiger partial charge in [0.1, 0.15) is 5.92 Å². The van der Waals surface area contributed by atoms with Crippen molar-refractivity contribution in [3.8, 4) is 6.07 Å². The Morgan fingerprint density at radius 2 is 2.31 bits per heavy atom. The molecule has 0 N–H and O–H groups in total. The van der Waals surface area contributed by atoms with Gasteiger partial charge in [0.05, 0.1) is 6.07 Å². The summed E-state index contributed by atoms with van der Waals surface area (Å²) in [6.07, 6.45) is 3.20. The molecule has 0 aromatic carbocycles. The number of nitrogens with zero attached hydrogens (tertiary/aromatic N) is 2. The van der Waals surface area contributed by atoms with Crippen LogP contribution in [0, 0.1) is 17.2 Å². The Kier molecular flexibility index (Phi) is 3.30. The highest BCUT2D eigenvalue weighted by Gasteiger charge is 2.33. The van der Waals surface area contributed by atoms with Gasteiger partial charge in [-0.2, -0.15) is 5.26 Å². The zero-order valence-electron chi connectivity index (χ0n) is 8.29. The van der Waals surface area contributed by atoms with Gasteiger partial charge in [0.2, 0.25) is 5.91 Å². The molecule has 1 fully saturated rings. The van der Waals surface area contributed by atoms with Gasteiger partial charge in [-0.05, 0) is 26.2 Å². The molecule has 1 amide bonds. The van der Waals surface area contributed by atoms with Gasteiger partial charge in [-0.25, -0.2) is 0 Å². The van der Waals surface area contributed by atoms with Crippen molar-refractivity contribution in [3.05, 3.63) is 0 Å². The van der Waals surface area contributed by atoms with E-state index in [2.05, 4.69) is 6.92 Å². The first-order valence-corrected chi connectivity index (χ1v) is 4.90. The third-order valence-corrected chi connectivity index (χ3v) is 2.30. The maximum atomic E-state index is 11.6. The largest absolute Gasteiger partial charge is 0.339 e. The Morgan fingerprint density at radius 3 is 2.69 bits per heavy atom. The lowest BCUT2D eigenvalue weighted by molar-refractivity contribution is -0.133. The average Bonchev–Trinajstić information content (AvgIpc) is 2.95. The molecule has 3 heteroatoms. The lowest BCUT2D eigenvalue weighted by atomic mass is 10.1. The number of hydrogen-bond acceptors (Lipinski definition) is 2. The summed E-state index contributed by atoms with van der Waals surface area (Å²) in [5.41, 5.74) is 0. The van der Waals surface area contributed by atoms with Crippen molar-refractivity contribution in [2.24, 2.45) is 5.92 Å². The van der Waals surface area contributed by atoms with E-state index in [1.54, 1.807) is 6.92 Å². The molecule has 0 bridgehead atoms. The first-order chi connectivity index (χ1) is 6.20. The normalized spacial score (nSPS) is 17.6. The topological polar surface area (TPSA) is 44.1 Å². The molecule has 3 nitrogen and oxygen atoms in total. The molecule has 1 atom stereocenters. The van der Waals surface area contributed by atoms with Crippen LogP contribution >= 0.6 is 0 Å². The Bertz CT molecular complexity index is 228. The van der Waals surface area contributed by atoms with Crippen molar-refractivity contribution in [1.82, 2.24) is 4.90 Å². The molecule has 0 radical (unpaired) electrons. The molecule has 1 aliphatic rings. The van der Waals surface area contributed by atoms with Crippen LogP contribution in [0.5, 0.6) is 0 Å². The van der Waals surface area contributed by atoms with E-state index < -0.39 is 5.92 Å². The highest BCUT2D eigenvalue weighted by atomic mass is 16.2. The minimum Gasteiger partial charge on any atom is -0.339 e. The minimum atomic E-state index is -0.479. The van der Waals surface area contributed by atoms with Gasteiger partial charge in [-0.1, -0.05) is 6.92 Å². The van der Waals surface area contributed by atoms with E-state index in [-0.39, 0.29) is 5.91 Å². The van der Waals surface area contributed by atoms with Gasteiger partial charge in [0.25, 0.3) is 0 Å². The van der Waals surface area contributed by atoms with Crippen LogP contribution in [0.3, 0.4) is 0 Å². The molecule has 1 saturated carbocycles. The second kappa shape index (κ2) is 4.27. The van der Waals surface area contributed by atoms with Gasteiger partial charge in [-0.3, -0.25) is 4.79 Å². The highest BCUT2D eigenvalue weighted by Crippen LogP contribution is 2.28. The predicted molar refractivity (Wildman–Crippen MR) is 49.8 cm³/mol. The maximum Gasteiger partial charge on any atom is 0.239 e. The standard InChI is InChI=1S/C10H16N2O/c1-3-6-12(9-4-5-9)10(13)8(2)7-11/h8-9H,3-6H2,1-2H3. The molecule has 1 aliphatic carbocycles. The molecule has 0 aromatic rings. The molecule has 1 rings (SSSR count). The molecule has 0 spiro atoms. The summed E-state index contributed by atoms with van der Waals surface area (Å²) in [6, 6.07) is 2.43. The van der Waals surface area contributed by atoms with Crippen molar-refractivity contribution >= 4 is 5.91 Å². The molecular weight excluding hydrogens is 164 g/mol. The molecule has 0 aliphatic heterocycles. The van der Waals surface area contributed by atoms with Crippen molar-refractivity contribution in [2.45, 2.75) is 39.2 Å². The number of nitriles is 1. The van der Waals surface area contributed by atoms with Gasteiger partial charge < -0.3 is 4.90 Å². The second-order valence-electron chi connectivity index (χ2n) is 3.61. The van der Waals surface area contributed by atoms with E-state index in [9.17, 15) is 4.79 Å². The van der Waals surface area contributed by atoms with E-state index in [0.717, 1.165) is 25.8 Å². The third-order valence-electron chi connectivity index (χ3n) is 2.30. The minimum absolute atomic E-state index is 0.00634. The maximum absolute atomic E-state index is 11.6. The van der Waals surface area contributed by atoms with E-state index in [0.29, 0.717) is 6.04 Å². The first-order valence-electron chi connectivity index (χ1n) is 4.90. The Morgan fingerprint density at radius 1 is 1.69 bits per heavy atom. The summed E-state index contributed by atoms with van der Waals surface area (Å²) >= 11 is 0. The van der Waals surface area contributed by atoms with Crippen LogP contribution in [0.2, 0.25) is 0 Å². The van der Waals surface area contributed by atoms with E-state index in [1.165, 1.54) is 0 Å². The Labute approximate surface area is 79.3 Å². The number of amides is 1. The zero-order valence-corrected chi connectivity index (χ0v) is 8.29. The summed E-state index contributed by atoms with van der Waals surface area (Å²) < 4.78 is 0. The fourth-order valence-corrected chi connectivity index (χ4v) is 1.40. The monoisotopic (exact) mass is 180 g/mol. The molecule has 1 unspecified atom stereocenters. The van der Waals surface area contributed by atoms with Crippen LogP contribution in [-0.4, -0.2) is 23.4 Å². The number of rotatable bonds is 4. The van der Waals surface area contributed by atoms with E-state index in [4.69, 9.17) is 5.26 Å². The highest BCUT2D eigenvalue weighted by molar-refractivity contribution is 5.81. The third kappa shape index (κ3) is 2.45. The number of carbonyl (C=O) groups is 1. The fourth-order valence-electron chi connectivity index (χ4n) is 1.40. The lowest BCUT2D eigenvalue weighted by Gasteiger charge is -2.22. The predicted octanol–water partition coefficient (Wildman–Crippen LogP) is 1.55. The van der Waals surface area contributed by atoms with Gasteiger partial charge in [-0.15, -0.1) is 0 Å². The van der Waals surface area contributed by atoms with Crippen LogP contribution in [-0.2, 0) is 4.79 Å². The van der Waals surface area contributed by atoms with Crippen molar-refractivity contribution in [2.75, 3.05) is 6.54 Å². The summed E-state index contributed by atoms with van der Waals surface area (Å²) in [5, 5.41) is 8.63. The fraction of sp³-hybridized carbons (Fsp3) is 0.800. The quantitative estimate of drug-likeness (QED) is 0.658. The van der Waals surface area contributed by atoms with Gasteiger partial charge >= 0.3 is 0 Å². The summed E-state index contributed by atoms with van der Waals surface area (Å²) in [7, 11) is 0. The smallest absolute Gasteiger partial charge is 0.239 e. The number of hydrogen-bond donors (Lipinski definition) is 0. The summed E-state index contributed by atoms with van der Waals surface area (Å²) in [6.45, 7) is 4.53. The van der Waals surface area contributed by atoms with E-state index >= 15 is 0 Å². The average molecular weight is 180 g/mol. The van der Waals surface area contributed by atoms with Crippen molar-refractivity contribution < 1.29 is 4.79 Å². The number of carbonyl (C=O) groups excluding carboxylic acids is 1. The first kappa shape index (κ1) is 10.0. The summed E-state index contributed by atoms with van der Waals surface area (Å²) in [4.78, 5) is 13.5. The second-order valence-corrected chi connectivity index (χ2v) is 3.61. The van der Waals surface area contributed by atoms with Crippen LogP contribution in [0.15, 0.2) is 0 Å². The van der Waals surface area contributed by atoms with Crippen LogP contribution in [0.25, 0.3) is 0 Å². The molecule has 0 aromatic heterocycles. The van der Waals surface area contributed by atoms with Gasteiger partial charge in [0.15, 0.2) is 0 Å². The Balaban J connectivity index is 2.53. The van der Waals surface area contributed by atoms with Crippen LogP contribution < -0.4 is 0 Å². The SMILES string of the molecule is CCCN(C(=O)C(C)C#N)C1CC1. The Hall–Kier alpha value is -1.04.